The maximum absolute atomic E-state index is 12.0. The Morgan fingerprint density at radius 2 is 2.00 bits per heavy atom. The van der Waals surface area contributed by atoms with Crippen LogP contribution in [0.5, 0.6) is 5.75 Å². The Balaban J connectivity index is 2.71. The number of rotatable bonds is 6. The van der Waals surface area contributed by atoms with Crippen LogP contribution in [0.2, 0.25) is 0 Å². The summed E-state index contributed by atoms with van der Waals surface area (Å²) < 4.78 is 9.80. The van der Waals surface area contributed by atoms with E-state index in [2.05, 4.69) is 10.6 Å². The Morgan fingerprint density at radius 3 is 2.57 bits per heavy atom. The predicted octanol–water partition coefficient (Wildman–Crippen LogP) is 2.40. The zero-order valence-corrected chi connectivity index (χ0v) is 12.8. The number of amides is 2. The molecule has 1 aromatic rings. The monoisotopic (exact) mass is 294 g/mol. The van der Waals surface area contributed by atoms with Gasteiger partial charge in [0, 0.05) is 11.8 Å². The summed E-state index contributed by atoms with van der Waals surface area (Å²) in [5.74, 6) is 0.165. The summed E-state index contributed by atoms with van der Waals surface area (Å²) in [5, 5.41) is 5.31. The van der Waals surface area contributed by atoms with Gasteiger partial charge >= 0.3 is 12.0 Å². The Morgan fingerprint density at radius 1 is 1.29 bits per heavy atom. The molecule has 0 aromatic heterocycles. The van der Waals surface area contributed by atoms with Crippen LogP contribution in [0.1, 0.15) is 20.3 Å². The summed E-state index contributed by atoms with van der Waals surface area (Å²) in [5.41, 5.74) is 0.583. The molecule has 0 saturated carbocycles. The molecule has 2 amide bonds. The number of esters is 1. The van der Waals surface area contributed by atoms with Crippen LogP contribution in [-0.2, 0) is 9.53 Å². The van der Waals surface area contributed by atoms with Crippen molar-refractivity contribution in [2.24, 2.45) is 5.92 Å². The van der Waals surface area contributed by atoms with E-state index in [1.807, 2.05) is 13.8 Å². The van der Waals surface area contributed by atoms with Gasteiger partial charge in [-0.15, -0.1) is 0 Å². The molecule has 0 spiro atoms. The van der Waals surface area contributed by atoms with Crippen LogP contribution in [0.15, 0.2) is 24.3 Å². The Labute approximate surface area is 124 Å². The van der Waals surface area contributed by atoms with E-state index in [0.29, 0.717) is 11.4 Å². The molecular formula is C15H22N2O4. The van der Waals surface area contributed by atoms with Crippen molar-refractivity contribution in [2.45, 2.75) is 26.3 Å². The van der Waals surface area contributed by atoms with Crippen molar-refractivity contribution in [1.82, 2.24) is 5.32 Å². The third kappa shape index (κ3) is 4.98. The van der Waals surface area contributed by atoms with Crippen LogP contribution in [-0.4, -0.2) is 32.3 Å². The highest BCUT2D eigenvalue weighted by Crippen LogP contribution is 2.17. The highest BCUT2D eigenvalue weighted by atomic mass is 16.5. The number of hydrogen-bond acceptors (Lipinski definition) is 4. The molecular weight excluding hydrogens is 272 g/mol. The summed E-state index contributed by atoms with van der Waals surface area (Å²) in [6.45, 7) is 3.83. The molecule has 6 nitrogen and oxygen atoms in total. The van der Waals surface area contributed by atoms with E-state index in [4.69, 9.17) is 9.47 Å². The fourth-order valence-electron chi connectivity index (χ4n) is 1.81. The van der Waals surface area contributed by atoms with Crippen molar-refractivity contribution < 1.29 is 19.1 Å². The molecule has 0 aliphatic rings. The zero-order chi connectivity index (χ0) is 15.8. The molecule has 0 radical (unpaired) electrons. The number of anilines is 1. The second-order valence-corrected chi connectivity index (χ2v) is 4.72. The maximum Gasteiger partial charge on any atom is 0.328 e. The Bertz CT molecular complexity index is 490. The maximum atomic E-state index is 12.0. The molecule has 1 aromatic carbocycles. The lowest BCUT2D eigenvalue weighted by molar-refractivity contribution is -0.144. The number of carbonyl (C=O) groups excluding carboxylic acids is 2. The van der Waals surface area contributed by atoms with Gasteiger partial charge in [0.1, 0.15) is 11.8 Å². The van der Waals surface area contributed by atoms with Crippen molar-refractivity contribution in [3.63, 3.8) is 0 Å². The topological polar surface area (TPSA) is 76.7 Å². The lowest BCUT2D eigenvalue weighted by atomic mass is 9.99. The van der Waals surface area contributed by atoms with Gasteiger partial charge in [0.2, 0.25) is 0 Å². The highest BCUT2D eigenvalue weighted by Gasteiger charge is 2.26. The number of nitrogens with one attached hydrogen (secondary N) is 2. The molecule has 0 bridgehead atoms. The minimum atomic E-state index is -0.675. The first-order chi connectivity index (χ1) is 10.0. The number of ether oxygens (including phenoxy) is 2. The largest absolute Gasteiger partial charge is 0.497 e. The standard InChI is InChI=1S/C15H22N2O4/c1-5-10(2)13(14(18)21-4)17-15(19)16-11-7-6-8-12(9-11)20-3/h6-10,13H,5H2,1-4H3,(H2,16,17,19)/t10-,13-/m1/s1. The van der Waals surface area contributed by atoms with E-state index in [9.17, 15) is 9.59 Å². The van der Waals surface area contributed by atoms with Gasteiger partial charge in [-0.3, -0.25) is 0 Å². The first-order valence-corrected chi connectivity index (χ1v) is 6.81. The average Bonchev–Trinajstić information content (AvgIpc) is 2.51. The number of methoxy groups -OCH3 is 2. The summed E-state index contributed by atoms with van der Waals surface area (Å²) in [6.07, 6.45) is 0.749. The molecule has 0 fully saturated rings. The fourth-order valence-corrected chi connectivity index (χ4v) is 1.81. The molecule has 0 aliphatic heterocycles. The first kappa shape index (κ1) is 16.8. The third-order valence-corrected chi connectivity index (χ3v) is 3.28. The van der Waals surface area contributed by atoms with Crippen molar-refractivity contribution >= 4 is 17.7 Å². The third-order valence-electron chi connectivity index (χ3n) is 3.28. The van der Waals surface area contributed by atoms with E-state index in [-0.39, 0.29) is 5.92 Å². The summed E-state index contributed by atoms with van der Waals surface area (Å²) >= 11 is 0. The molecule has 0 heterocycles. The average molecular weight is 294 g/mol. The number of hydrogen-bond donors (Lipinski definition) is 2. The van der Waals surface area contributed by atoms with Crippen molar-refractivity contribution in [3.05, 3.63) is 24.3 Å². The van der Waals surface area contributed by atoms with Crippen LogP contribution in [0.3, 0.4) is 0 Å². The molecule has 2 N–H and O–H groups in total. The van der Waals surface area contributed by atoms with Gasteiger partial charge in [-0.05, 0) is 18.1 Å². The lowest BCUT2D eigenvalue weighted by Crippen LogP contribution is -2.47. The van der Waals surface area contributed by atoms with E-state index >= 15 is 0 Å². The van der Waals surface area contributed by atoms with Gasteiger partial charge in [-0.25, -0.2) is 9.59 Å². The number of urea groups is 1. The van der Waals surface area contributed by atoms with E-state index in [1.165, 1.54) is 7.11 Å². The quantitative estimate of drug-likeness (QED) is 0.790. The second kappa shape index (κ2) is 8.14. The molecule has 116 valence electrons. The molecule has 0 saturated heterocycles. The fraction of sp³-hybridized carbons (Fsp3) is 0.467. The van der Waals surface area contributed by atoms with Crippen molar-refractivity contribution in [1.29, 1.82) is 0 Å². The number of benzene rings is 1. The molecule has 0 unspecified atom stereocenters. The summed E-state index contributed by atoms with van der Waals surface area (Å²) in [7, 11) is 2.86. The van der Waals surface area contributed by atoms with Gasteiger partial charge < -0.3 is 20.1 Å². The van der Waals surface area contributed by atoms with Gasteiger partial charge in [-0.1, -0.05) is 26.3 Å². The summed E-state index contributed by atoms with van der Waals surface area (Å²) in [6, 6.07) is 5.83. The van der Waals surface area contributed by atoms with Crippen molar-refractivity contribution in [3.8, 4) is 5.75 Å². The molecule has 0 aliphatic carbocycles. The smallest absolute Gasteiger partial charge is 0.328 e. The highest BCUT2D eigenvalue weighted by molar-refractivity contribution is 5.92. The Hall–Kier alpha value is -2.24. The summed E-state index contributed by atoms with van der Waals surface area (Å²) in [4.78, 5) is 23.7. The number of carbonyl (C=O) groups is 2. The van der Waals surface area contributed by atoms with Gasteiger partial charge in [0.25, 0.3) is 0 Å². The van der Waals surface area contributed by atoms with Gasteiger partial charge in [0.15, 0.2) is 0 Å². The molecule has 2 atom stereocenters. The van der Waals surface area contributed by atoms with Gasteiger partial charge in [-0.2, -0.15) is 0 Å². The van der Waals surface area contributed by atoms with E-state index in [1.54, 1.807) is 31.4 Å². The molecule has 6 heteroatoms. The first-order valence-electron chi connectivity index (χ1n) is 6.81. The van der Waals surface area contributed by atoms with E-state index in [0.717, 1.165) is 6.42 Å². The van der Waals surface area contributed by atoms with Crippen LogP contribution in [0, 0.1) is 5.92 Å². The lowest BCUT2D eigenvalue weighted by Gasteiger charge is -2.22. The molecule has 1 rings (SSSR count). The SMILES string of the molecule is CC[C@@H](C)[C@@H](NC(=O)Nc1cccc(OC)c1)C(=O)OC. The van der Waals surface area contributed by atoms with E-state index < -0.39 is 18.0 Å². The molecule has 21 heavy (non-hydrogen) atoms. The van der Waals surface area contributed by atoms with Crippen LogP contribution in [0.4, 0.5) is 10.5 Å². The minimum absolute atomic E-state index is 0.0199. The van der Waals surface area contributed by atoms with Crippen LogP contribution >= 0.6 is 0 Å². The minimum Gasteiger partial charge on any atom is -0.497 e. The zero-order valence-electron chi connectivity index (χ0n) is 12.8. The second-order valence-electron chi connectivity index (χ2n) is 4.72. The van der Waals surface area contributed by atoms with Crippen LogP contribution in [0.25, 0.3) is 0 Å². The predicted molar refractivity (Wildman–Crippen MR) is 80.4 cm³/mol. The van der Waals surface area contributed by atoms with Gasteiger partial charge in [0.05, 0.1) is 14.2 Å². The van der Waals surface area contributed by atoms with Crippen molar-refractivity contribution in [2.75, 3.05) is 19.5 Å². The normalized spacial score (nSPS) is 13.0. The Kier molecular flexibility index (Phi) is 6.52. The van der Waals surface area contributed by atoms with Crippen LogP contribution < -0.4 is 15.4 Å².